The van der Waals surface area contributed by atoms with E-state index in [-0.39, 0.29) is 0 Å². The summed E-state index contributed by atoms with van der Waals surface area (Å²) in [5.74, 6) is 0.785. The van der Waals surface area contributed by atoms with Gasteiger partial charge in [-0.15, -0.1) is 10.2 Å². The number of aromatic amines is 1. The maximum atomic E-state index is 5.60. The van der Waals surface area contributed by atoms with Crippen LogP contribution in [0.25, 0.3) is 0 Å². The zero-order valence-corrected chi connectivity index (χ0v) is 6.25. The van der Waals surface area contributed by atoms with Crippen LogP contribution < -0.4 is 5.73 Å². The third kappa shape index (κ3) is 1.23. The van der Waals surface area contributed by atoms with Crippen LogP contribution in [0.5, 0.6) is 0 Å². The predicted molar refractivity (Wildman–Crippen MR) is 38.6 cm³/mol. The van der Waals surface area contributed by atoms with E-state index in [9.17, 15) is 0 Å². The molecule has 2 rings (SSSR count). The molecule has 0 saturated heterocycles. The summed E-state index contributed by atoms with van der Waals surface area (Å²) in [6, 6.07) is 0. The quantitative estimate of drug-likeness (QED) is 0.612. The minimum absolute atomic E-state index is 0.309. The highest BCUT2D eigenvalue weighted by Crippen LogP contribution is 2.46. The summed E-state index contributed by atoms with van der Waals surface area (Å²) >= 11 is 0. The number of H-pyrrole nitrogens is 1. The monoisotopic (exact) mass is 153 g/mol. The molecular weight excluding hydrogens is 142 g/mol. The van der Waals surface area contributed by atoms with Crippen LogP contribution in [-0.4, -0.2) is 27.2 Å². The van der Waals surface area contributed by atoms with Gasteiger partial charge in [0.25, 0.3) is 0 Å². The normalized spacial score (nSPS) is 20.1. The van der Waals surface area contributed by atoms with Gasteiger partial charge in [0.1, 0.15) is 0 Å². The Bertz CT molecular complexity index is 225. The number of nitrogens with two attached hydrogens (primary N) is 1. The average molecular weight is 153 g/mol. The standard InChI is InChI=1S/C6H11N5/c7-4-6(1-2-6)3-5-8-10-11-9-5/h1-4,7H2,(H,8,9,10,11). The summed E-state index contributed by atoms with van der Waals surface area (Å²) in [7, 11) is 0. The number of rotatable bonds is 3. The Morgan fingerprint density at radius 1 is 1.55 bits per heavy atom. The lowest BCUT2D eigenvalue weighted by molar-refractivity contribution is 0.506. The first kappa shape index (κ1) is 6.72. The zero-order valence-electron chi connectivity index (χ0n) is 6.25. The predicted octanol–water partition coefficient (Wildman–Crippen LogP) is -0.519. The second kappa shape index (κ2) is 2.27. The highest BCUT2D eigenvalue weighted by Gasteiger charge is 2.42. The van der Waals surface area contributed by atoms with Crippen molar-refractivity contribution in [2.75, 3.05) is 6.54 Å². The smallest absolute Gasteiger partial charge is 0.175 e. The van der Waals surface area contributed by atoms with Crippen molar-refractivity contribution < 1.29 is 0 Å². The Morgan fingerprint density at radius 2 is 2.36 bits per heavy atom. The molecule has 0 aromatic carbocycles. The molecule has 1 aromatic heterocycles. The second-order valence-corrected chi connectivity index (χ2v) is 3.21. The Balaban J connectivity index is 2.01. The SMILES string of the molecule is NCC1(Cc2nn[nH]n2)CC1. The van der Waals surface area contributed by atoms with E-state index in [1.807, 2.05) is 0 Å². The van der Waals surface area contributed by atoms with Crippen molar-refractivity contribution in [3.63, 3.8) is 0 Å². The number of hydrogen-bond donors (Lipinski definition) is 2. The Kier molecular flexibility index (Phi) is 1.38. The molecule has 0 unspecified atom stereocenters. The first-order valence-corrected chi connectivity index (χ1v) is 3.77. The van der Waals surface area contributed by atoms with Gasteiger partial charge in [-0.05, 0) is 24.8 Å². The minimum Gasteiger partial charge on any atom is -0.330 e. The molecule has 1 aromatic rings. The number of tetrazole rings is 1. The molecule has 60 valence electrons. The van der Waals surface area contributed by atoms with Crippen LogP contribution in [0.15, 0.2) is 0 Å². The van der Waals surface area contributed by atoms with E-state index in [2.05, 4.69) is 20.6 Å². The van der Waals surface area contributed by atoms with E-state index in [1.165, 1.54) is 12.8 Å². The fourth-order valence-electron chi connectivity index (χ4n) is 1.22. The van der Waals surface area contributed by atoms with E-state index in [4.69, 9.17) is 5.73 Å². The molecule has 3 N–H and O–H groups in total. The van der Waals surface area contributed by atoms with Gasteiger partial charge in [-0.2, -0.15) is 5.21 Å². The Hall–Kier alpha value is -0.970. The van der Waals surface area contributed by atoms with Crippen molar-refractivity contribution in [2.24, 2.45) is 11.1 Å². The highest BCUT2D eigenvalue weighted by molar-refractivity contribution is 5.00. The van der Waals surface area contributed by atoms with Crippen molar-refractivity contribution in [1.82, 2.24) is 20.6 Å². The van der Waals surface area contributed by atoms with Gasteiger partial charge in [-0.1, -0.05) is 5.21 Å². The van der Waals surface area contributed by atoms with E-state index >= 15 is 0 Å². The largest absolute Gasteiger partial charge is 0.330 e. The van der Waals surface area contributed by atoms with Crippen LogP contribution in [0.3, 0.4) is 0 Å². The van der Waals surface area contributed by atoms with Gasteiger partial charge < -0.3 is 5.73 Å². The molecule has 0 radical (unpaired) electrons. The fourth-order valence-corrected chi connectivity index (χ4v) is 1.22. The summed E-state index contributed by atoms with van der Waals surface area (Å²) in [6.45, 7) is 0.738. The molecule has 0 bridgehead atoms. The maximum Gasteiger partial charge on any atom is 0.175 e. The number of aromatic nitrogens is 4. The van der Waals surface area contributed by atoms with Crippen LogP contribution in [0.2, 0.25) is 0 Å². The molecular formula is C6H11N5. The third-order valence-corrected chi connectivity index (χ3v) is 2.31. The topological polar surface area (TPSA) is 80.5 Å². The molecule has 0 atom stereocenters. The van der Waals surface area contributed by atoms with E-state index in [0.29, 0.717) is 5.41 Å². The van der Waals surface area contributed by atoms with E-state index in [1.54, 1.807) is 0 Å². The average Bonchev–Trinajstić information content (AvgIpc) is 2.59. The second-order valence-electron chi connectivity index (χ2n) is 3.21. The van der Waals surface area contributed by atoms with Gasteiger partial charge in [-0.25, -0.2) is 0 Å². The van der Waals surface area contributed by atoms with Gasteiger partial charge in [0.05, 0.1) is 0 Å². The summed E-state index contributed by atoms with van der Waals surface area (Å²) in [5.41, 5.74) is 5.91. The molecule has 0 amide bonds. The lowest BCUT2D eigenvalue weighted by Crippen LogP contribution is -2.18. The summed E-state index contributed by atoms with van der Waals surface area (Å²) in [4.78, 5) is 0. The summed E-state index contributed by atoms with van der Waals surface area (Å²) < 4.78 is 0. The van der Waals surface area contributed by atoms with Crippen LogP contribution in [0.4, 0.5) is 0 Å². The minimum atomic E-state index is 0.309. The van der Waals surface area contributed by atoms with Gasteiger partial charge in [0.15, 0.2) is 5.82 Å². The van der Waals surface area contributed by atoms with Gasteiger partial charge in [0.2, 0.25) is 0 Å². The molecule has 1 aliphatic carbocycles. The van der Waals surface area contributed by atoms with Gasteiger partial charge >= 0.3 is 0 Å². The van der Waals surface area contributed by atoms with Crippen LogP contribution in [-0.2, 0) is 6.42 Å². The molecule has 11 heavy (non-hydrogen) atoms. The van der Waals surface area contributed by atoms with Crippen molar-refractivity contribution >= 4 is 0 Å². The van der Waals surface area contributed by atoms with Crippen molar-refractivity contribution in [3.05, 3.63) is 5.82 Å². The molecule has 0 aliphatic heterocycles. The molecule has 0 spiro atoms. The van der Waals surface area contributed by atoms with Gasteiger partial charge in [-0.3, -0.25) is 0 Å². The molecule has 5 nitrogen and oxygen atoms in total. The van der Waals surface area contributed by atoms with Crippen molar-refractivity contribution in [3.8, 4) is 0 Å². The van der Waals surface area contributed by atoms with Crippen molar-refractivity contribution in [1.29, 1.82) is 0 Å². The lowest BCUT2D eigenvalue weighted by Gasteiger charge is -2.06. The lowest BCUT2D eigenvalue weighted by atomic mass is 10.0. The van der Waals surface area contributed by atoms with Crippen LogP contribution >= 0.6 is 0 Å². The molecule has 1 aliphatic rings. The molecule has 1 fully saturated rings. The summed E-state index contributed by atoms with van der Waals surface area (Å²) in [5, 5.41) is 13.7. The van der Waals surface area contributed by atoms with Crippen LogP contribution in [0.1, 0.15) is 18.7 Å². The first-order chi connectivity index (χ1) is 5.35. The maximum absolute atomic E-state index is 5.60. The molecule has 1 saturated carbocycles. The van der Waals surface area contributed by atoms with E-state index in [0.717, 1.165) is 18.8 Å². The Morgan fingerprint density at radius 3 is 2.82 bits per heavy atom. The van der Waals surface area contributed by atoms with Crippen molar-refractivity contribution in [2.45, 2.75) is 19.3 Å². The highest BCUT2D eigenvalue weighted by atomic mass is 15.5. The molecule has 1 heterocycles. The zero-order chi connectivity index (χ0) is 7.73. The number of nitrogens with zero attached hydrogens (tertiary/aromatic N) is 3. The summed E-state index contributed by atoms with van der Waals surface area (Å²) in [6.07, 6.45) is 3.29. The number of hydrogen-bond acceptors (Lipinski definition) is 4. The van der Waals surface area contributed by atoms with E-state index < -0.39 is 0 Å². The third-order valence-electron chi connectivity index (χ3n) is 2.31. The van der Waals surface area contributed by atoms with Crippen LogP contribution in [0, 0.1) is 5.41 Å². The molecule has 5 heteroatoms. The Labute approximate surface area is 64.4 Å². The first-order valence-electron chi connectivity index (χ1n) is 3.77. The van der Waals surface area contributed by atoms with Gasteiger partial charge in [0, 0.05) is 6.42 Å². The number of nitrogens with one attached hydrogen (secondary N) is 1. The fraction of sp³-hybridized carbons (Fsp3) is 0.833.